The topological polar surface area (TPSA) is 27.1 Å². The van der Waals surface area contributed by atoms with Crippen LogP contribution in [-0.4, -0.2) is 16.7 Å². The molecule has 0 fully saturated rings. The third kappa shape index (κ3) is 2.89. The van der Waals surface area contributed by atoms with E-state index in [-0.39, 0.29) is 0 Å². The molecule has 6 heteroatoms. The molecule has 1 aromatic carbocycles. The van der Waals surface area contributed by atoms with Gasteiger partial charge in [-0.3, -0.25) is 0 Å². The van der Waals surface area contributed by atoms with Crippen LogP contribution in [-0.2, 0) is 18.8 Å². The number of nitrogens with zero attached hydrogens (tertiary/aromatic N) is 2. The predicted molar refractivity (Wildman–Crippen MR) is 88.9 cm³/mol. The molecule has 0 atom stereocenters. The van der Waals surface area contributed by atoms with Gasteiger partial charge >= 0.3 is 0 Å². The number of hydrogen-bond donors (Lipinski definition) is 0. The number of aryl methyl sites for hydroxylation is 2. The maximum absolute atomic E-state index is 6.04. The zero-order chi connectivity index (χ0) is 14.8. The lowest BCUT2D eigenvalue weighted by Crippen LogP contribution is -2.04. The molecule has 3 rings (SSSR count). The number of benzene rings is 1. The molecule has 21 heavy (non-hydrogen) atoms. The van der Waals surface area contributed by atoms with Gasteiger partial charge in [-0.15, -0.1) is 22.9 Å². The van der Waals surface area contributed by atoms with E-state index in [1.165, 1.54) is 4.88 Å². The van der Waals surface area contributed by atoms with E-state index in [0.717, 1.165) is 39.9 Å². The Morgan fingerprint density at radius 1 is 1.29 bits per heavy atom. The molecule has 3 nitrogen and oxygen atoms in total. The number of methoxy groups -OCH3 is 1. The number of rotatable bonds is 5. The number of imidazole rings is 1. The molecule has 0 saturated heterocycles. The molecule has 0 radical (unpaired) electrons. The van der Waals surface area contributed by atoms with Crippen LogP contribution < -0.4 is 4.74 Å². The first-order valence-corrected chi connectivity index (χ1v) is 8.28. The molecule has 2 aromatic heterocycles. The van der Waals surface area contributed by atoms with Crippen LogP contribution in [0.1, 0.15) is 10.7 Å². The van der Waals surface area contributed by atoms with E-state index in [1.54, 1.807) is 18.4 Å². The van der Waals surface area contributed by atoms with Crippen molar-refractivity contribution in [1.29, 1.82) is 0 Å². The van der Waals surface area contributed by atoms with E-state index in [0.29, 0.717) is 5.88 Å². The summed E-state index contributed by atoms with van der Waals surface area (Å²) in [5, 5.41) is 0. The first-order valence-electron chi connectivity index (χ1n) is 6.55. The summed E-state index contributed by atoms with van der Waals surface area (Å²) < 4.78 is 8.34. The van der Waals surface area contributed by atoms with Gasteiger partial charge in [-0.25, -0.2) is 4.98 Å². The van der Waals surface area contributed by atoms with Gasteiger partial charge in [0.1, 0.15) is 17.1 Å². The van der Waals surface area contributed by atoms with Gasteiger partial charge in [0.2, 0.25) is 0 Å². The van der Waals surface area contributed by atoms with Crippen LogP contribution >= 0.6 is 34.5 Å². The number of hydrogen-bond acceptors (Lipinski definition) is 3. The Balaban J connectivity index is 1.96. The molecular formula is C15H14Cl2N2OS. The Morgan fingerprint density at radius 3 is 2.81 bits per heavy atom. The third-order valence-electron chi connectivity index (χ3n) is 3.37. The molecule has 0 bridgehead atoms. The van der Waals surface area contributed by atoms with Gasteiger partial charge in [-0.1, -0.05) is 17.7 Å². The van der Waals surface area contributed by atoms with Gasteiger partial charge < -0.3 is 9.30 Å². The van der Waals surface area contributed by atoms with Crippen molar-refractivity contribution in [2.24, 2.45) is 0 Å². The lowest BCUT2D eigenvalue weighted by molar-refractivity contribution is 0.419. The molecule has 0 aliphatic rings. The first-order chi connectivity index (χ1) is 10.2. The average Bonchev–Trinajstić information content (AvgIpc) is 3.07. The predicted octanol–water partition coefficient (Wildman–Crippen LogP) is 4.74. The van der Waals surface area contributed by atoms with Crippen molar-refractivity contribution in [1.82, 2.24) is 9.55 Å². The normalized spacial score (nSPS) is 11.2. The van der Waals surface area contributed by atoms with Crippen molar-refractivity contribution in [2.75, 3.05) is 7.11 Å². The summed E-state index contributed by atoms with van der Waals surface area (Å²) in [5.74, 6) is 2.01. The number of thiophene rings is 1. The number of alkyl halides is 1. The molecule has 3 aromatic rings. The summed E-state index contributed by atoms with van der Waals surface area (Å²) in [4.78, 5) is 5.86. The van der Waals surface area contributed by atoms with Crippen LogP contribution in [0.5, 0.6) is 5.75 Å². The molecule has 0 spiro atoms. The maximum atomic E-state index is 6.04. The van der Waals surface area contributed by atoms with E-state index in [4.69, 9.17) is 27.9 Å². The van der Waals surface area contributed by atoms with Crippen LogP contribution in [0.15, 0.2) is 30.3 Å². The van der Waals surface area contributed by atoms with E-state index in [9.17, 15) is 0 Å². The van der Waals surface area contributed by atoms with Crippen LogP contribution in [0.25, 0.3) is 11.0 Å². The molecule has 0 saturated carbocycles. The van der Waals surface area contributed by atoms with Gasteiger partial charge in [0, 0.05) is 11.4 Å². The highest BCUT2D eigenvalue weighted by atomic mass is 35.5. The van der Waals surface area contributed by atoms with Crippen LogP contribution in [0, 0.1) is 0 Å². The molecule has 0 unspecified atom stereocenters. The highest BCUT2D eigenvalue weighted by Crippen LogP contribution is 2.28. The molecular weight excluding hydrogens is 327 g/mol. The number of para-hydroxylation sites is 1. The summed E-state index contributed by atoms with van der Waals surface area (Å²) in [6.45, 7) is 0.822. The highest BCUT2D eigenvalue weighted by molar-refractivity contribution is 7.16. The Labute approximate surface area is 137 Å². The van der Waals surface area contributed by atoms with Crippen LogP contribution in [0.3, 0.4) is 0 Å². The van der Waals surface area contributed by atoms with E-state index >= 15 is 0 Å². The smallest absolute Gasteiger partial charge is 0.146 e. The van der Waals surface area contributed by atoms with E-state index < -0.39 is 0 Å². The minimum Gasteiger partial charge on any atom is -0.494 e. The summed E-state index contributed by atoms with van der Waals surface area (Å²) in [6, 6.07) is 9.92. The van der Waals surface area contributed by atoms with Crippen molar-refractivity contribution in [3.63, 3.8) is 0 Å². The number of halogens is 2. The minimum atomic E-state index is 0.378. The number of ether oxygens (including phenoxy) is 1. The number of aromatic nitrogens is 2. The Morgan fingerprint density at radius 2 is 2.14 bits per heavy atom. The molecule has 2 heterocycles. The maximum Gasteiger partial charge on any atom is 0.146 e. The van der Waals surface area contributed by atoms with Gasteiger partial charge in [-0.05, 0) is 30.7 Å². The van der Waals surface area contributed by atoms with Crippen molar-refractivity contribution in [2.45, 2.75) is 18.8 Å². The number of fused-ring (bicyclic) bond motifs is 1. The van der Waals surface area contributed by atoms with Gasteiger partial charge in [-0.2, -0.15) is 0 Å². The zero-order valence-electron chi connectivity index (χ0n) is 11.5. The van der Waals surface area contributed by atoms with E-state index in [2.05, 4.69) is 15.6 Å². The largest absolute Gasteiger partial charge is 0.494 e. The molecule has 0 aliphatic carbocycles. The lowest BCUT2D eigenvalue weighted by atomic mass is 10.3. The van der Waals surface area contributed by atoms with Crippen molar-refractivity contribution >= 4 is 45.6 Å². The minimum absolute atomic E-state index is 0.378. The average molecular weight is 341 g/mol. The zero-order valence-corrected chi connectivity index (χ0v) is 13.8. The van der Waals surface area contributed by atoms with Gasteiger partial charge in [0.05, 0.1) is 22.8 Å². The van der Waals surface area contributed by atoms with Crippen molar-refractivity contribution < 1.29 is 4.74 Å². The SMILES string of the molecule is COc1cccc2c1nc(CCl)n2CCc1ccc(Cl)s1. The summed E-state index contributed by atoms with van der Waals surface area (Å²) in [5.41, 5.74) is 1.91. The second-order valence-corrected chi connectivity index (χ2v) is 6.66. The molecule has 110 valence electrons. The highest BCUT2D eigenvalue weighted by Gasteiger charge is 2.13. The Hall–Kier alpha value is -1.23. The summed E-state index contributed by atoms with van der Waals surface area (Å²) >= 11 is 13.6. The first kappa shape index (κ1) is 14.7. The second-order valence-electron chi connectivity index (χ2n) is 4.60. The fraction of sp³-hybridized carbons (Fsp3) is 0.267. The van der Waals surface area contributed by atoms with Gasteiger partial charge in [0.15, 0.2) is 0 Å². The van der Waals surface area contributed by atoms with Gasteiger partial charge in [0.25, 0.3) is 0 Å². The molecule has 0 amide bonds. The fourth-order valence-corrected chi connectivity index (χ4v) is 3.67. The van der Waals surface area contributed by atoms with Crippen molar-refractivity contribution in [3.05, 3.63) is 45.4 Å². The fourth-order valence-electron chi connectivity index (χ4n) is 2.39. The third-order valence-corrected chi connectivity index (χ3v) is 4.90. The Kier molecular flexibility index (Phi) is 4.38. The molecule has 0 aliphatic heterocycles. The summed E-state index contributed by atoms with van der Waals surface area (Å²) in [7, 11) is 1.65. The Bertz CT molecular complexity index is 766. The van der Waals surface area contributed by atoms with E-state index in [1.807, 2.05) is 24.3 Å². The van der Waals surface area contributed by atoms with Crippen molar-refractivity contribution in [3.8, 4) is 5.75 Å². The quantitative estimate of drug-likeness (QED) is 0.627. The standard InChI is InChI=1S/C15H14Cl2N2OS/c1-20-12-4-2-3-11-15(12)18-14(9-16)19(11)8-7-10-5-6-13(17)21-10/h2-6H,7-9H2,1H3. The summed E-state index contributed by atoms with van der Waals surface area (Å²) in [6.07, 6.45) is 0.907. The molecule has 0 N–H and O–H groups in total. The monoisotopic (exact) mass is 340 g/mol. The van der Waals surface area contributed by atoms with Crippen LogP contribution in [0.2, 0.25) is 4.34 Å². The van der Waals surface area contributed by atoms with Crippen LogP contribution in [0.4, 0.5) is 0 Å². The lowest BCUT2D eigenvalue weighted by Gasteiger charge is -2.07. The second kappa shape index (κ2) is 6.26.